The second-order valence-electron chi connectivity index (χ2n) is 5.88. The molecule has 0 saturated carbocycles. The Morgan fingerprint density at radius 2 is 0.941 bits per heavy atom. The Kier molecular flexibility index (Phi) is 7.74. The zero-order valence-corrected chi connectivity index (χ0v) is 16.2. The summed E-state index contributed by atoms with van der Waals surface area (Å²) in [5.41, 5.74) is -5.95. The summed E-state index contributed by atoms with van der Waals surface area (Å²) in [6.45, 7) is -5.78. The first-order valence-corrected chi connectivity index (χ1v) is 8.29. The van der Waals surface area contributed by atoms with Gasteiger partial charge in [-0.3, -0.25) is 20.2 Å². The van der Waals surface area contributed by atoms with Gasteiger partial charge in [-0.1, -0.05) is 0 Å². The molecule has 0 unspecified atom stereocenters. The molecule has 24 heteroatoms. The zero-order valence-electron chi connectivity index (χ0n) is 16.2. The van der Waals surface area contributed by atoms with Crippen LogP contribution in [-0.2, 0) is 0 Å². The van der Waals surface area contributed by atoms with Crippen molar-refractivity contribution in [1.29, 1.82) is 0 Å². The third kappa shape index (κ3) is 4.57. The van der Waals surface area contributed by atoms with Crippen molar-refractivity contribution in [2.45, 2.75) is 11.3 Å². The summed E-state index contributed by atoms with van der Waals surface area (Å²) in [5, 5.41) is 108. The van der Waals surface area contributed by atoms with E-state index in [0.29, 0.717) is 0 Å². The van der Waals surface area contributed by atoms with E-state index >= 15 is 0 Å². The molecule has 4 N–H and O–H groups in total. The Hall–Kier alpha value is -4.68. The molecule has 0 spiro atoms. The summed E-state index contributed by atoms with van der Waals surface area (Å²) in [7, 11) is 0. The van der Waals surface area contributed by atoms with Gasteiger partial charge < -0.3 is 30.8 Å². The highest BCUT2D eigenvalue weighted by Gasteiger charge is 2.54. The van der Waals surface area contributed by atoms with Gasteiger partial charge in [-0.15, -0.1) is 10.2 Å². The van der Waals surface area contributed by atoms with Crippen molar-refractivity contribution in [1.82, 2.24) is 20.6 Å². The van der Waals surface area contributed by atoms with E-state index in [1.807, 2.05) is 0 Å². The number of hydrogen-bond donors (Lipinski definition) is 4. The number of azo groups is 3. The smallest absolute Gasteiger partial charge is 0.483 e. The molecule has 0 bridgehead atoms. The number of hydroxylamine groups is 2. The van der Waals surface area contributed by atoms with Crippen molar-refractivity contribution in [3.63, 3.8) is 0 Å². The summed E-state index contributed by atoms with van der Waals surface area (Å²) in [6, 6.07) is 0. The molecule has 2 heterocycles. The third-order valence-corrected chi connectivity index (χ3v) is 3.92. The number of aromatic nitrogens is 4. The van der Waals surface area contributed by atoms with Crippen LogP contribution in [-0.4, -0.2) is 98.4 Å². The maximum atomic E-state index is 12.0. The van der Waals surface area contributed by atoms with E-state index in [1.165, 1.54) is 0 Å². The molecule has 0 aromatic carbocycles. The second kappa shape index (κ2) is 10.3. The maximum Gasteiger partial charge on any atom is 0.483 e. The summed E-state index contributed by atoms with van der Waals surface area (Å²) < 4.78 is 8.54. The summed E-state index contributed by atoms with van der Waals surface area (Å²) in [6.07, 6.45) is 0. The van der Waals surface area contributed by atoms with E-state index in [0.717, 1.165) is 0 Å². The molecule has 0 saturated heterocycles. The first kappa shape index (κ1) is 25.6. The minimum absolute atomic E-state index is 0.680. The maximum absolute atomic E-state index is 12.0. The first-order valence-electron chi connectivity index (χ1n) is 8.29. The van der Waals surface area contributed by atoms with Gasteiger partial charge in [0.05, 0.1) is 0 Å². The number of hydrogen-bond acceptors (Lipinski definition) is 20. The molecule has 0 aliphatic carbocycles. The van der Waals surface area contributed by atoms with E-state index in [1.54, 1.807) is 0 Å². The molecule has 0 amide bonds. The van der Waals surface area contributed by atoms with Gasteiger partial charge in [-0.2, -0.15) is 0 Å². The Bertz CT molecular complexity index is 1030. The predicted octanol–water partition coefficient (Wildman–Crippen LogP) is -2.03. The molecule has 2 aromatic heterocycles. The van der Waals surface area contributed by atoms with Gasteiger partial charge in [-0.05, 0) is 30.3 Å². The predicted molar refractivity (Wildman–Crippen MR) is 92.0 cm³/mol. The fourth-order valence-electron chi connectivity index (χ4n) is 1.78. The lowest BCUT2D eigenvalue weighted by Gasteiger charge is -2.16. The SMILES string of the molecule is O=[N+]([O-])C(CO)(CO)[N+]([O-])=Nc1nonc1N=Nc1nonc1N=[N+]([O-])C(CO)(CO)[N+](=O)[O-]. The summed E-state index contributed by atoms with van der Waals surface area (Å²) >= 11 is 0. The fraction of sp³-hybridized carbons (Fsp3) is 0.600. The van der Waals surface area contributed by atoms with Crippen molar-refractivity contribution in [2.24, 2.45) is 20.5 Å². The number of aliphatic hydroxyl groups excluding tert-OH is 4. The Labute approximate surface area is 183 Å². The molecular weight excluding hydrogens is 480 g/mol. The summed E-state index contributed by atoms with van der Waals surface area (Å²) in [4.78, 5) is 18.1. The number of nitrogens with zero attached hydrogens (tertiary/aromatic N) is 12. The Morgan fingerprint density at radius 1 is 0.647 bits per heavy atom. The molecule has 2 rings (SSSR count). The molecule has 0 aliphatic heterocycles. The molecule has 184 valence electrons. The Morgan fingerprint density at radius 3 is 1.21 bits per heavy atom. The summed E-state index contributed by atoms with van der Waals surface area (Å²) in [5.74, 6) is -3.07. The molecule has 0 fully saturated rings. The molecule has 24 nitrogen and oxygen atoms in total. The van der Waals surface area contributed by atoms with Crippen molar-refractivity contribution in [2.75, 3.05) is 26.4 Å². The fourth-order valence-corrected chi connectivity index (χ4v) is 1.78. The van der Waals surface area contributed by atoms with E-state index in [-0.39, 0.29) is 0 Å². The van der Waals surface area contributed by atoms with Crippen LogP contribution in [0.4, 0.5) is 23.3 Å². The zero-order chi connectivity index (χ0) is 25.5. The van der Waals surface area contributed by atoms with Crippen molar-refractivity contribution >= 4 is 23.3 Å². The number of aliphatic hydroxyl groups is 4. The van der Waals surface area contributed by atoms with Crippen LogP contribution >= 0.6 is 0 Å². The van der Waals surface area contributed by atoms with Crippen LogP contribution in [0.1, 0.15) is 0 Å². The third-order valence-electron chi connectivity index (χ3n) is 3.92. The molecule has 34 heavy (non-hydrogen) atoms. The highest BCUT2D eigenvalue weighted by atomic mass is 16.7. The molecule has 2 aromatic rings. The average Bonchev–Trinajstić information content (AvgIpc) is 3.43. The average molecular weight is 492 g/mol. The topological polar surface area (TPSA) is 347 Å². The highest BCUT2D eigenvalue weighted by Crippen LogP contribution is 2.30. The van der Waals surface area contributed by atoms with Crippen molar-refractivity contribution in [3.05, 3.63) is 30.6 Å². The Balaban J connectivity index is 2.40. The van der Waals surface area contributed by atoms with Gasteiger partial charge >= 0.3 is 23.0 Å². The largest absolute Gasteiger partial charge is 0.594 e. The van der Waals surface area contributed by atoms with Gasteiger partial charge in [0.15, 0.2) is 26.4 Å². The van der Waals surface area contributed by atoms with Crippen LogP contribution in [0.2, 0.25) is 0 Å². The lowest BCUT2D eigenvalue weighted by atomic mass is 10.2. The molecule has 0 aliphatic rings. The monoisotopic (exact) mass is 492 g/mol. The van der Waals surface area contributed by atoms with Crippen LogP contribution in [0, 0.1) is 30.6 Å². The highest BCUT2D eigenvalue weighted by molar-refractivity contribution is 5.50. The van der Waals surface area contributed by atoms with Crippen LogP contribution in [0.5, 0.6) is 0 Å². The van der Waals surface area contributed by atoms with Crippen LogP contribution in [0.15, 0.2) is 29.7 Å². The van der Waals surface area contributed by atoms with Gasteiger partial charge in [0.1, 0.15) is 9.85 Å². The van der Waals surface area contributed by atoms with Gasteiger partial charge in [-0.25, -0.2) is 9.26 Å². The minimum atomic E-state index is -2.98. The van der Waals surface area contributed by atoms with Crippen molar-refractivity contribution < 1.29 is 49.3 Å². The van der Waals surface area contributed by atoms with Crippen LogP contribution < -0.4 is 0 Å². The van der Waals surface area contributed by atoms with Crippen LogP contribution in [0.3, 0.4) is 0 Å². The lowest BCUT2D eigenvalue weighted by molar-refractivity contribution is -0.817. The normalized spacial score (nSPS) is 13.5. The van der Waals surface area contributed by atoms with Gasteiger partial charge in [0.25, 0.3) is 11.6 Å². The van der Waals surface area contributed by atoms with E-state index < -0.39 is 80.6 Å². The molecular formula is C10H12N12O12. The lowest BCUT2D eigenvalue weighted by Crippen LogP contribution is -2.53. The standard InChI is InChI=1S/C10H12N12O12/c23-1-9(2-24,21(29)30)19(27)13-7-5(15-33-17-7)11-12-6-8(18-34-16-6)14-20(28)10(3-25,4-26)22(31)32/h23-26H,1-4H2. The molecule has 0 atom stereocenters. The van der Waals surface area contributed by atoms with E-state index in [4.69, 9.17) is 20.4 Å². The first-order chi connectivity index (χ1) is 16.1. The number of nitro groups is 2. The van der Waals surface area contributed by atoms with Crippen LogP contribution in [0.25, 0.3) is 0 Å². The second-order valence-corrected chi connectivity index (χ2v) is 5.88. The van der Waals surface area contributed by atoms with Crippen molar-refractivity contribution in [3.8, 4) is 0 Å². The van der Waals surface area contributed by atoms with Gasteiger partial charge in [0.2, 0.25) is 0 Å². The van der Waals surface area contributed by atoms with E-state index in [9.17, 15) is 30.6 Å². The number of rotatable bonds is 12. The minimum Gasteiger partial charge on any atom is -0.594 e. The quantitative estimate of drug-likeness (QED) is 0.0815. The van der Waals surface area contributed by atoms with E-state index in [2.05, 4.69) is 50.3 Å². The molecule has 0 radical (unpaired) electrons. The van der Waals surface area contributed by atoms with Gasteiger partial charge in [0, 0.05) is 10.2 Å².